The van der Waals surface area contributed by atoms with E-state index in [1.165, 1.54) is 71.0 Å². The molecule has 2 bridgehead atoms. The van der Waals surface area contributed by atoms with E-state index >= 15 is 0 Å². The maximum absolute atomic E-state index is 3.71. The number of nitrogens with one attached hydrogen (secondary N) is 1. The first-order valence-corrected chi connectivity index (χ1v) is 8.97. The van der Waals surface area contributed by atoms with Gasteiger partial charge in [-0.1, -0.05) is 13.3 Å². The molecule has 0 aromatic heterocycles. The van der Waals surface area contributed by atoms with Crippen LogP contribution < -0.4 is 5.32 Å². The highest BCUT2D eigenvalue weighted by Gasteiger charge is 2.38. The first-order chi connectivity index (χ1) is 9.78. The zero-order valence-corrected chi connectivity index (χ0v) is 13.5. The quantitative estimate of drug-likeness (QED) is 0.838. The number of hydrogen-bond acceptors (Lipinski definition) is 3. The van der Waals surface area contributed by atoms with Crippen LogP contribution in [0.15, 0.2) is 0 Å². The smallest absolute Gasteiger partial charge is 0.0125 e. The topological polar surface area (TPSA) is 18.5 Å². The Balaban J connectivity index is 1.60. The largest absolute Gasteiger partial charge is 0.314 e. The maximum atomic E-state index is 3.71. The summed E-state index contributed by atoms with van der Waals surface area (Å²) in [4.78, 5) is 5.54. The molecule has 0 spiro atoms. The maximum Gasteiger partial charge on any atom is 0.0125 e. The lowest BCUT2D eigenvalue weighted by atomic mass is 9.81. The molecule has 116 valence electrons. The van der Waals surface area contributed by atoms with Crippen LogP contribution in [0.2, 0.25) is 0 Å². The first-order valence-electron chi connectivity index (χ1n) is 8.97. The summed E-state index contributed by atoms with van der Waals surface area (Å²) in [5.41, 5.74) is 0. The van der Waals surface area contributed by atoms with Gasteiger partial charge < -0.3 is 15.1 Å². The van der Waals surface area contributed by atoms with Gasteiger partial charge in [0.1, 0.15) is 0 Å². The van der Waals surface area contributed by atoms with E-state index in [2.05, 4.69) is 29.1 Å². The SMILES string of the molecule is CCC1CCN(C2CC3CCCC(C2)N3C)CCCN1. The van der Waals surface area contributed by atoms with Gasteiger partial charge in [0, 0.05) is 24.2 Å². The monoisotopic (exact) mass is 279 g/mol. The highest BCUT2D eigenvalue weighted by atomic mass is 15.2. The Labute approximate surface area is 125 Å². The number of rotatable bonds is 2. The second-order valence-corrected chi connectivity index (χ2v) is 7.27. The van der Waals surface area contributed by atoms with E-state index in [4.69, 9.17) is 0 Å². The third-order valence-electron chi connectivity index (χ3n) is 6.14. The molecule has 0 aliphatic carbocycles. The van der Waals surface area contributed by atoms with Crippen LogP contribution in [0.3, 0.4) is 0 Å². The van der Waals surface area contributed by atoms with Gasteiger partial charge in [0.25, 0.3) is 0 Å². The summed E-state index contributed by atoms with van der Waals surface area (Å²) >= 11 is 0. The van der Waals surface area contributed by atoms with Crippen molar-refractivity contribution in [3.8, 4) is 0 Å². The second kappa shape index (κ2) is 6.76. The summed E-state index contributed by atoms with van der Waals surface area (Å²) in [7, 11) is 2.37. The number of hydrogen-bond donors (Lipinski definition) is 1. The molecule has 0 saturated carbocycles. The Morgan fingerprint density at radius 2 is 1.70 bits per heavy atom. The van der Waals surface area contributed by atoms with Crippen molar-refractivity contribution in [3.05, 3.63) is 0 Å². The molecule has 3 fully saturated rings. The Morgan fingerprint density at radius 3 is 2.40 bits per heavy atom. The van der Waals surface area contributed by atoms with Gasteiger partial charge in [-0.2, -0.15) is 0 Å². The van der Waals surface area contributed by atoms with Crippen LogP contribution in [0, 0.1) is 0 Å². The van der Waals surface area contributed by atoms with Crippen molar-refractivity contribution < 1.29 is 0 Å². The van der Waals surface area contributed by atoms with Crippen LogP contribution >= 0.6 is 0 Å². The molecule has 1 N–H and O–H groups in total. The third kappa shape index (κ3) is 3.20. The average molecular weight is 279 g/mol. The molecule has 3 nitrogen and oxygen atoms in total. The molecule has 0 radical (unpaired) electrons. The van der Waals surface area contributed by atoms with E-state index in [0.29, 0.717) is 0 Å². The Hall–Kier alpha value is -0.120. The van der Waals surface area contributed by atoms with Crippen LogP contribution in [0.4, 0.5) is 0 Å². The number of fused-ring (bicyclic) bond motifs is 2. The minimum Gasteiger partial charge on any atom is -0.314 e. The van der Waals surface area contributed by atoms with Crippen molar-refractivity contribution in [2.24, 2.45) is 0 Å². The molecule has 0 aromatic carbocycles. The van der Waals surface area contributed by atoms with Gasteiger partial charge >= 0.3 is 0 Å². The lowest BCUT2D eigenvalue weighted by Crippen LogP contribution is -2.56. The molecule has 20 heavy (non-hydrogen) atoms. The number of nitrogens with zero attached hydrogens (tertiary/aromatic N) is 2. The fraction of sp³-hybridized carbons (Fsp3) is 1.00. The number of piperidine rings is 2. The van der Waals surface area contributed by atoms with Crippen molar-refractivity contribution in [3.63, 3.8) is 0 Å². The van der Waals surface area contributed by atoms with E-state index < -0.39 is 0 Å². The fourth-order valence-electron chi connectivity index (χ4n) is 4.72. The van der Waals surface area contributed by atoms with E-state index in [1.54, 1.807) is 0 Å². The lowest BCUT2D eigenvalue weighted by molar-refractivity contribution is 0.00598. The zero-order chi connectivity index (χ0) is 13.9. The predicted molar refractivity (Wildman–Crippen MR) is 85.1 cm³/mol. The van der Waals surface area contributed by atoms with Gasteiger partial charge in [0.2, 0.25) is 0 Å². The molecule has 3 unspecified atom stereocenters. The minimum absolute atomic E-state index is 0.753. The molecular weight excluding hydrogens is 246 g/mol. The van der Waals surface area contributed by atoms with Crippen molar-refractivity contribution in [1.82, 2.24) is 15.1 Å². The normalized spacial score (nSPS) is 41.1. The van der Waals surface area contributed by atoms with Crippen LogP contribution in [0.25, 0.3) is 0 Å². The highest BCUT2D eigenvalue weighted by Crippen LogP contribution is 2.35. The van der Waals surface area contributed by atoms with Crippen LogP contribution in [0.5, 0.6) is 0 Å². The molecule has 0 aromatic rings. The van der Waals surface area contributed by atoms with Crippen molar-refractivity contribution in [1.29, 1.82) is 0 Å². The average Bonchev–Trinajstić information content (AvgIpc) is 2.39. The summed E-state index contributed by atoms with van der Waals surface area (Å²) in [6.07, 6.45) is 11.2. The third-order valence-corrected chi connectivity index (χ3v) is 6.14. The summed E-state index contributed by atoms with van der Waals surface area (Å²) in [5.74, 6) is 0. The second-order valence-electron chi connectivity index (χ2n) is 7.27. The minimum atomic E-state index is 0.753. The van der Waals surface area contributed by atoms with E-state index in [0.717, 1.165) is 24.2 Å². The zero-order valence-electron chi connectivity index (χ0n) is 13.5. The van der Waals surface area contributed by atoms with Crippen molar-refractivity contribution in [2.45, 2.75) is 82.5 Å². The van der Waals surface area contributed by atoms with E-state index in [-0.39, 0.29) is 0 Å². The molecule has 3 heterocycles. The van der Waals surface area contributed by atoms with Gasteiger partial charge in [-0.25, -0.2) is 0 Å². The molecule has 0 amide bonds. The summed E-state index contributed by atoms with van der Waals surface area (Å²) in [5, 5.41) is 3.71. The predicted octanol–water partition coefficient (Wildman–Crippen LogP) is 2.47. The highest BCUT2D eigenvalue weighted by molar-refractivity contribution is 4.94. The molecule has 3 heteroatoms. The van der Waals surface area contributed by atoms with Crippen LogP contribution in [-0.4, -0.2) is 60.6 Å². The summed E-state index contributed by atoms with van der Waals surface area (Å²) in [6, 6.07) is 3.37. The van der Waals surface area contributed by atoms with Crippen molar-refractivity contribution >= 4 is 0 Å². The standard InChI is InChI=1S/C17H33N3/c1-3-14-8-11-20(10-5-9-18-14)17-12-15-6-4-7-16(13-17)19(15)2/h14-18H,3-13H2,1-2H3. The van der Waals surface area contributed by atoms with E-state index in [9.17, 15) is 0 Å². The van der Waals surface area contributed by atoms with Gasteiger partial charge in [0.15, 0.2) is 0 Å². The molecule has 3 rings (SSSR count). The van der Waals surface area contributed by atoms with Crippen LogP contribution in [0.1, 0.15) is 58.3 Å². The molecular formula is C17H33N3. The van der Waals surface area contributed by atoms with Gasteiger partial charge in [0.05, 0.1) is 0 Å². The summed E-state index contributed by atoms with van der Waals surface area (Å²) < 4.78 is 0. The van der Waals surface area contributed by atoms with Gasteiger partial charge in [-0.15, -0.1) is 0 Å². The lowest BCUT2D eigenvalue weighted by Gasteiger charge is -2.50. The fourth-order valence-corrected chi connectivity index (χ4v) is 4.72. The van der Waals surface area contributed by atoms with Crippen molar-refractivity contribution in [2.75, 3.05) is 26.7 Å². The van der Waals surface area contributed by atoms with Gasteiger partial charge in [-0.3, -0.25) is 0 Å². The molecule has 3 saturated heterocycles. The molecule has 3 aliphatic heterocycles. The van der Waals surface area contributed by atoms with Gasteiger partial charge in [-0.05, 0) is 71.6 Å². The Morgan fingerprint density at radius 1 is 0.950 bits per heavy atom. The Kier molecular flexibility index (Phi) is 5.00. The van der Waals surface area contributed by atoms with E-state index in [1.807, 2.05) is 0 Å². The summed E-state index contributed by atoms with van der Waals surface area (Å²) in [6.45, 7) is 6.18. The first kappa shape index (κ1) is 14.8. The Bertz CT molecular complexity index is 293. The molecule has 3 atom stereocenters. The van der Waals surface area contributed by atoms with Crippen LogP contribution in [-0.2, 0) is 0 Å². The molecule has 3 aliphatic rings.